The first-order valence-electron chi connectivity index (χ1n) is 8.79. The summed E-state index contributed by atoms with van der Waals surface area (Å²) >= 11 is 0. The van der Waals surface area contributed by atoms with Gasteiger partial charge in [-0.05, 0) is 53.9 Å². The highest BCUT2D eigenvalue weighted by Gasteiger charge is 2.50. The molecule has 1 spiro atoms. The molecule has 5 heteroatoms. The topological polar surface area (TPSA) is 51.2 Å². The molecule has 5 rings (SSSR count). The summed E-state index contributed by atoms with van der Waals surface area (Å²) in [5, 5.41) is 10.4. The van der Waals surface area contributed by atoms with Crippen molar-refractivity contribution in [2.45, 2.75) is 18.4 Å². The third-order valence-electron chi connectivity index (χ3n) is 6.12. The highest BCUT2D eigenvalue weighted by Crippen LogP contribution is 2.57. The third-order valence-corrected chi connectivity index (χ3v) is 6.12. The van der Waals surface area contributed by atoms with Crippen molar-refractivity contribution in [3.05, 3.63) is 53.1 Å². The average Bonchev–Trinajstić information content (AvgIpc) is 3.22. The highest BCUT2D eigenvalue weighted by atomic mass is 16.7. The van der Waals surface area contributed by atoms with Gasteiger partial charge in [0, 0.05) is 18.5 Å². The van der Waals surface area contributed by atoms with E-state index in [9.17, 15) is 5.11 Å². The number of rotatable bonds is 1. The number of hydrogen-bond donors (Lipinski definition) is 1. The Bertz CT molecular complexity index is 952. The van der Waals surface area contributed by atoms with Gasteiger partial charge in [-0.25, -0.2) is 0 Å². The molecule has 1 atom stereocenters. The minimum absolute atomic E-state index is 0.162. The van der Waals surface area contributed by atoms with Gasteiger partial charge in [0.1, 0.15) is 0 Å². The molecule has 2 heterocycles. The van der Waals surface area contributed by atoms with Crippen molar-refractivity contribution in [2.24, 2.45) is 0 Å². The van der Waals surface area contributed by atoms with Gasteiger partial charge in [-0.15, -0.1) is 0 Å². The highest BCUT2D eigenvalue weighted by molar-refractivity contribution is 5.84. The first kappa shape index (κ1) is 15.6. The number of phenolic OH excluding ortho intramolecular Hbond substituents is 1. The maximum Gasteiger partial charge on any atom is 0.231 e. The molecule has 5 nitrogen and oxygen atoms in total. The predicted octanol–water partition coefficient (Wildman–Crippen LogP) is 3.08. The maximum atomic E-state index is 10.4. The molecule has 2 aliphatic heterocycles. The fourth-order valence-corrected chi connectivity index (χ4v) is 4.75. The number of phenols is 1. The van der Waals surface area contributed by atoms with Crippen molar-refractivity contribution in [2.75, 3.05) is 27.5 Å². The molecule has 1 aliphatic carbocycles. The molecule has 0 fully saturated rings. The van der Waals surface area contributed by atoms with E-state index in [0.29, 0.717) is 5.75 Å². The van der Waals surface area contributed by atoms with Crippen LogP contribution in [0.25, 0.3) is 5.57 Å². The number of hydrogen-bond acceptors (Lipinski definition) is 5. The van der Waals surface area contributed by atoms with Gasteiger partial charge in [-0.1, -0.05) is 12.6 Å². The van der Waals surface area contributed by atoms with Gasteiger partial charge in [0.25, 0.3) is 0 Å². The number of nitrogens with zero attached hydrogens (tertiary/aromatic N) is 1. The second-order valence-corrected chi connectivity index (χ2v) is 7.19. The summed E-state index contributed by atoms with van der Waals surface area (Å²) in [6.45, 7) is 5.64. The van der Waals surface area contributed by atoms with Crippen LogP contribution in [0.4, 0.5) is 0 Å². The van der Waals surface area contributed by atoms with E-state index >= 15 is 0 Å². The van der Waals surface area contributed by atoms with Crippen molar-refractivity contribution >= 4 is 5.57 Å². The Hall–Kier alpha value is -2.66. The molecule has 0 amide bonds. The predicted molar refractivity (Wildman–Crippen MR) is 98.0 cm³/mol. The smallest absolute Gasteiger partial charge is 0.231 e. The Labute approximate surface area is 152 Å². The van der Waals surface area contributed by atoms with Crippen LogP contribution in [0.2, 0.25) is 0 Å². The van der Waals surface area contributed by atoms with Crippen LogP contribution < -0.4 is 14.2 Å². The average molecular weight is 351 g/mol. The standard InChI is InChI=1S/C21H21NO4/c1-12-14-4-5-18-20(26-11-25-18)15(14)10-21(12)16-9-17(23)19(24-3)8-13(16)6-7-22(21)2/h4-5,8-9,23H,1,6-7,10-11H2,2-3H3/t21-/m0/s1. The van der Waals surface area contributed by atoms with Gasteiger partial charge in [0.05, 0.1) is 12.6 Å². The Morgan fingerprint density at radius 1 is 1.27 bits per heavy atom. The fraction of sp³-hybridized carbons (Fsp3) is 0.333. The molecule has 26 heavy (non-hydrogen) atoms. The molecule has 0 radical (unpaired) electrons. The maximum absolute atomic E-state index is 10.4. The lowest BCUT2D eigenvalue weighted by atomic mass is 9.76. The molecule has 3 aliphatic rings. The zero-order valence-electron chi connectivity index (χ0n) is 15.0. The number of benzene rings is 2. The van der Waals surface area contributed by atoms with E-state index in [4.69, 9.17) is 14.2 Å². The van der Waals surface area contributed by atoms with E-state index < -0.39 is 0 Å². The Morgan fingerprint density at radius 2 is 2.12 bits per heavy atom. The Morgan fingerprint density at radius 3 is 2.92 bits per heavy atom. The van der Waals surface area contributed by atoms with E-state index in [1.807, 2.05) is 18.2 Å². The molecule has 0 saturated heterocycles. The number of likely N-dealkylation sites (N-methyl/N-ethyl adjacent to an activating group) is 1. The molecular formula is C21H21NO4. The molecule has 2 aromatic carbocycles. The molecule has 0 unspecified atom stereocenters. The third kappa shape index (κ3) is 1.78. The van der Waals surface area contributed by atoms with Crippen LogP contribution in [0.1, 0.15) is 22.3 Å². The molecule has 1 N–H and O–H groups in total. The second-order valence-electron chi connectivity index (χ2n) is 7.19. The second kappa shape index (κ2) is 5.17. The molecule has 0 saturated carbocycles. The van der Waals surface area contributed by atoms with Gasteiger partial charge >= 0.3 is 0 Å². The van der Waals surface area contributed by atoms with E-state index in [0.717, 1.165) is 53.1 Å². The van der Waals surface area contributed by atoms with Crippen LogP contribution in [-0.4, -0.2) is 37.5 Å². The lowest BCUT2D eigenvalue weighted by molar-refractivity contribution is 0.162. The van der Waals surface area contributed by atoms with E-state index in [2.05, 4.69) is 24.6 Å². The zero-order valence-corrected chi connectivity index (χ0v) is 15.0. The molecule has 2 aromatic rings. The van der Waals surface area contributed by atoms with E-state index in [1.54, 1.807) is 7.11 Å². The lowest BCUT2D eigenvalue weighted by Gasteiger charge is -2.45. The fourth-order valence-electron chi connectivity index (χ4n) is 4.75. The van der Waals surface area contributed by atoms with Crippen molar-refractivity contribution in [1.29, 1.82) is 0 Å². The number of aromatic hydroxyl groups is 1. The van der Waals surface area contributed by atoms with Crippen LogP contribution in [-0.2, 0) is 18.4 Å². The van der Waals surface area contributed by atoms with Crippen LogP contribution in [0.5, 0.6) is 23.0 Å². The van der Waals surface area contributed by atoms with E-state index in [1.165, 1.54) is 5.56 Å². The quantitative estimate of drug-likeness (QED) is 0.856. The largest absolute Gasteiger partial charge is 0.504 e. The number of fused-ring (bicyclic) bond motifs is 5. The van der Waals surface area contributed by atoms with Crippen LogP contribution >= 0.6 is 0 Å². The molecule has 0 aromatic heterocycles. The van der Waals surface area contributed by atoms with Crippen LogP contribution in [0, 0.1) is 0 Å². The minimum Gasteiger partial charge on any atom is -0.504 e. The minimum atomic E-state index is -0.388. The van der Waals surface area contributed by atoms with Gasteiger partial charge in [-0.2, -0.15) is 0 Å². The molecular weight excluding hydrogens is 330 g/mol. The van der Waals surface area contributed by atoms with Crippen molar-refractivity contribution in [3.8, 4) is 23.0 Å². The van der Waals surface area contributed by atoms with Crippen molar-refractivity contribution in [1.82, 2.24) is 4.90 Å². The Kier molecular flexibility index (Phi) is 3.10. The van der Waals surface area contributed by atoms with Crippen LogP contribution in [0.15, 0.2) is 30.8 Å². The normalized spacial score (nSPS) is 23.2. The zero-order chi connectivity index (χ0) is 18.1. The first-order chi connectivity index (χ1) is 12.6. The Balaban J connectivity index is 1.73. The van der Waals surface area contributed by atoms with Gasteiger partial charge < -0.3 is 19.3 Å². The summed E-state index contributed by atoms with van der Waals surface area (Å²) in [7, 11) is 3.70. The van der Waals surface area contributed by atoms with Crippen molar-refractivity contribution in [3.63, 3.8) is 0 Å². The molecule has 134 valence electrons. The number of ether oxygens (including phenoxy) is 3. The van der Waals surface area contributed by atoms with Gasteiger partial charge in [0.15, 0.2) is 23.0 Å². The summed E-state index contributed by atoms with van der Waals surface area (Å²) < 4.78 is 16.6. The van der Waals surface area contributed by atoms with Gasteiger partial charge in [0.2, 0.25) is 6.79 Å². The summed E-state index contributed by atoms with van der Waals surface area (Å²) in [5.74, 6) is 2.31. The molecule has 0 bridgehead atoms. The summed E-state index contributed by atoms with van der Waals surface area (Å²) in [4.78, 5) is 2.34. The SMILES string of the molecule is C=C1c2ccc3c(c2C[C@@]12c1cc(O)c(OC)cc1CCN2C)OCO3. The van der Waals surface area contributed by atoms with Gasteiger partial charge in [-0.3, -0.25) is 4.90 Å². The summed E-state index contributed by atoms with van der Waals surface area (Å²) in [5.41, 5.74) is 5.20. The lowest BCUT2D eigenvalue weighted by Crippen LogP contribution is -2.48. The number of methoxy groups -OCH3 is 1. The van der Waals surface area contributed by atoms with E-state index in [-0.39, 0.29) is 18.1 Å². The first-order valence-corrected chi connectivity index (χ1v) is 8.79. The summed E-state index contributed by atoms with van der Waals surface area (Å²) in [6.07, 6.45) is 1.66. The summed E-state index contributed by atoms with van der Waals surface area (Å²) in [6, 6.07) is 7.84. The monoisotopic (exact) mass is 351 g/mol. The van der Waals surface area contributed by atoms with Crippen LogP contribution in [0.3, 0.4) is 0 Å². The van der Waals surface area contributed by atoms with Crippen molar-refractivity contribution < 1.29 is 19.3 Å².